The molecule has 0 amide bonds. The number of allylic oxidation sites excluding steroid dienone is 1. The normalized spacial score (nSPS) is 9.35. The maximum absolute atomic E-state index is 12.0. The number of carbonyl (C=O) groups excluding carboxylic acids is 3. The third-order valence-corrected chi connectivity index (χ3v) is 2.46. The van der Waals surface area contributed by atoms with Crippen LogP contribution in [0, 0.1) is 0 Å². The number of esters is 2. The molecule has 0 fully saturated rings. The molecule has 0 N–H and O–H groups in total. The van der Waals surface area contributed by atoms with E-state index in [4.69, 9.17) is 4.74 Å². The lowest BCUT2D eigenvalue weighted by atomic mass is 10.1. The Hall–Kier alpha value is -2.63. The number of benzene rings is 1. The number of ether oxygens (including phenoxy) is 3. The van der Waals surface area contributed by atoms with Crippen LogP contribution in [0.25, 0.3) is 0 Å². The molecule has 0 saturated heterocycles. The van der Waals surface area contributed by atoms with Gasteiger partial charge in [0.25, 0.3) is 0 Å². The summed E-state index contributed by atoms with van der Waals surface area (Å²) >= 11 is 0. The van der Waals surface area contributed by atoms with Crippen molar-refractivity contribution in [2.45, 2.75) is 0 Å². The van der Waals surface area contributed by atoms with Crippen molar-refractivity contribution in [3.05, 3.63) is 41.5 Å². The highest BCUT2D eigenvalue weighted by molar-refractivity contribution is 6.20. The van der Waals surface area contributed by atoms with Gasteiger partial charge in [0, 0.05) is 11.6 Å². The molecule has 0 spiro atoms. The van der Waals surface area contributed by atoms with E-state index >= 15 is 0 Å². The lowest BCUT2D eigenvalue weighted by Gasteiger charge is -2.04. The first-order valence-electron chi connectivity index (χ1n) is 5.60. The van der Waals surface area contributed by atoms with Gasteiger partial charge in [-0.25, -0.2) is 9.59 Å². The van der Waals surface area contributed by atoms with E-state index in [0.29, 0.717) is 11.3 Å². The summed E-state index contributed by atoms with van der Waals surface area (Å²) in [5.41, 5.74) is -0.160. The first-order valence-corrected chi connectivity index (χ1v) is 5.60. The predicted octanol–water partition coefficient (Wildman–Crippen LogP) is 1.15. The Morgan fingerprint density at radius 1 is 0.900 bits per heavy atom. The van der Waals surface area contributed by atoms with Crippen LogP contribution >= 0.6 is 0 Å². The van der Waals surface area contributed by atoms with Gasteiger partial charge in [0.2, 0.25) is 0 Å². The van der Waals surface area contributed by atoms with Crippen molar-refractivity contribution < 1.29 is 28.6 Å². The number of carbonyl (C=O) groups is 3. The molecule has 1 aromatic carbocycles. The molecule has 0 atom stereocenters. The fourth-order valence-corrected chi connectivity index (χ4v) is 1.39. The smallest absolute Gasteiger partial charge is 0.345 e. The fraction of sp³-hybridized carbons (Fsp3) is 0.214. The second kappa shape index (κ2) is 7.08. The monoisotopic (exact) mass is 278 g/mol. The summed E-state index contributed by atoms with van der Waals surface area (Å²) in [5, 5.41) is 0. The van der Waals surface area contributed by atoms with Crippen LogP contribution in [-0.4, -0.2) is 39.1 Å². The zero-order valence-corrected chi connectivity index (χ0v) is 11.3. The van der Waals surface area contributed by atoms with E-state index in [0.717, 1.165) is 20.3 Å². The van der Waals surface area contributed by atoms with Crippen LogP contribution in [0.3, 0.4) is 0 Å². The zero-order valence-electron chi connectivity index (χ0n) is 11.3. The largest absolute Gasteiger partial charge is 0.497 e. The lowest BCUT2D eigenvalue weighted by Crippen LogP contribution is -2.17. The van der Waals surface area contributed by atoms with Crippen LogP contribution in [0.1, 0.15) is 10.4 Å². The number of methoxy groups -OCH3 is 3. The van der Waals surface area contributed by atoms with Crippen molar-refractivity contribution in [2.24, 2.45) is 0 Å². The van der Waals surface area contributed by atoms with Crippen LogP contribution in [0.15, 0.2) is 35.9 Å². The quantitative estimate of drug-likeness (QED) is 0.264. The minimum atomic E-state index is -0.932. The van der Waals surface area contributed by atoms with Gasteiger partial charge in [0.1, 0.15) is 11.3 Å². The molecule has 0 saturated carbocycles. The minimum Gasteiger partial charge on any atom is -0.497 e. The Balaban J connectivity index is 3.06. The topological polar surface area (TPSA) is 78.9 Å². The minimum absolute atomic E-state index is 0.302. The zero-order chi connectivity index (χ0) is 15.1. The van der Waals surface area contributed by atoms with Crippen molar-refractivity contribution in [3.63, 3.8) is 0 Å². The highest BCUT2D eigenvalue weighted by Crippen LogP contribution is 2.13. The SMILES string of the molecule is COC(=O)C(=CC(=O)c1ccc(OC)cc1)C(=O)OC. The second-order valence-corrected chi connectivity index (χ2v) is 3.63. The molecule has 20 heavy (non-hydrogen) atoms. The van der Waals surface area contributed by atoms with E-state index < -0.39 is 23.3 Å². The standard InChI is InChI=1S/C14H14O6/c1-18-10-6-4-9(5-7-10)12(15)8-11(13(16)19-2)14(17)20-3/h4-8H,1-3H3. The van der Waals surface area contributed by atoms with Gasteiger partial charge in [-0.2, -0.15) is 0 Å². The van der Waals surface area contributed by atoms with Crippen molar-refractivity contribution in [1.29, 1.82) is 0 Å². The molecular formula is C14H14O6. The van der Waals surface area contributed by atoms with Crippen molar-refractivity contribution >= 4 is 17.7 Å². The van der Waals surface area contributed by atoms with E-state index in [9.17, 15) is 14.4 Å². The van der Waals surface area contributed by atoms with Crippen molar-refractivity contribution in [2.75, 3.05) is 21.3 Å². The first kappa shape index (κ1) is 15.4. The summed E-state index contributed by atoms with van der Waals surface area (Å²) in [6.07, 6.45) is 0.888. The summed E-state index contributed by atoms with van der Waals surface area (Å²) < 4.78 is 13.8. The third kappa shape index (κ3) is 3.68. The Kier molecular flexibility index (Phi) is 5.46. The molecular weight excluding hydrogens is 264 g/mol. The molecule has 1 aromatic rings. The molecule has 0 heterocycles. The van der Waals surface area contributed by atoms with Gasteiger partial charge < -0.3 is 14.2 Å². The maximum atomic E-state index is 12.0. The Morgan fingerprint density at radius 3 is 1.80 bits per heavy atom. The van der Waals surface area contributed by atoms with Crippen LogP contribution < -0.4 is 4.74 Å². The van der Waals surface area contributed by atoms with Gasteiger partial charge in [0.05, 0.1) is 21.3 Å². The summed E-state index contributed by atoms with van der Waals surface area (Å²) in [7, 11) is 3.72. The fourth-order valence-electron chi connectivity index (χ4n) is 1.39. The Morgan fingerprint density at radius 2 is 1.40 bits per heavy atom. The summed E-state index contributed by atoms with van der Waals surface area (Å²) in [5.74, 6) is -1.79. The molecule has 0 radical (unpaired) electrons. The number of ketones is 1. The predicted molar refractivity (Wildman–Crippen MR) is 69.4 cm³/mol. The third-order valence-electron chi connectivity index (χ3n) is 2.46. The van der Waals surface area contributed by atoms with Crippen molar-refractivity contribution in [1.82, 2.24) is 0 Å². The molecule has 0 aliphatic heterocycles. The molecule has 1 rings (SSSR count). The molecule has 6 nitrogen and oxygen atoms in total. The molecule has 0 bridgehead atoms. The van der Waals surface area contributed by atoms with Gasteiger partial charge in [0.15, 0.2) is 5.78 Å². The van der Waals surface area contributed by atoms with Gasteiger partial charge >= 0.3 is 11.9 Å². The van der Waals surface area contributed by atoms with Crippen LogP contribution in [0.4, 0.5) is 0 Å². The number of hydrogen-bond acceptors (Lipinski definition) is 6. The highest BCUT2D eigenvalue weighted by atomic mass is 16.5. The van der Waals surface area contributed by atoms with E-state index in [2.05, 4.69) is 9.47 Å². The molecule has 106 valence electrons. The average Bonchev–Trinajstić information content (AvgIpc) is 2.50. The lowest BCUT2D eigenvalue weighted by molar-refractivity contribution is -0.144. The highest BCUT2D eigenvalue weighted by Gasteiger charge is 2.21. The average molecular weight is 278 g/mol. The molecule has 0 unspecified atom stereocenters. The summed E-state index contributed by atoms with van der Waals surface area (Å²) in [6.45, 7) is 0. The molecule has 0 aliphatic carbocycles. The number of hydrogen-bond donors (Lipinski definition) is 0. The molecule has 6 heteroatoms. The van der Waals surface area contributed by atoms with Crippen LogP contribution in [0.2, 0.25) is 0 Å². The molecule has 0 aromatic heterocycles. The Bertz CT molecular complexity index is 523. The maximum Gasteiger partial charge on any atom is 0.345 e. The summed E-state index contributed by atoms with van der Waals surface area (Å²) in [6, 6.07) is 6.22. The van der Waals surface area contributed by atoms with Crippen LogP contribution in [0.5, 0.6) is 5.75 Å². The van der Waals surface area contributed by atoms with Crippen LogP contribution in [-0.2, 0) is 19.1 Å². The van der Waals surface area contributed by atoms with E-state index in [1.54, 1.807) is 12.1 Å². The van der Waals surface area contributed by atoms with Gasteiger partial charge in [-0.15, -0.1) is 0 Å². The second-order valence-electron chi connectivity index (χ2n) is 3.63. The molecule has 0 aliphatic rings. The van der Waals surface area contributed by atoms with E-state index in [-0.39, 0.29) is 0 Å². The van der Waals surface area contributed by atoms with Gasteiger partial charge in [-0.1, -0.05) is 0 Å². The van der Waals surface area contributed by atoms with Gasteiger partial charge in [-0.3, -0.25) is 4.79 Å². The number of rotatable bonds is 5. The van der Waals surface area contributed by atoms with Gasteiger partial charge in [-0.05, 0) is 24.3 Å². The van der Waals surface area contributed by atoms with E-state index in [1.807, 2.05) is 0 Å². The first-order chi connectivity index (χ1) is 9.53. The van der Waals surface area contributed by atoms with Crippen molar-refractivity contribution in [3.8, 4) is 5.75 Å². The van der Waals surface area contributed by atoms with E-state index in [1.165, 1.54) is 19.2 Å². The Labute approximate surface area is 115 Å². The summed E-state index contributed by atoms with van der Waals surface area (Å²) in [4.78, 5) is 34.8.